The number of carbonyl (C=O) groups is 1. The number of hydrogen-bond acceptors (Lipinski definition) is 4. The van der Waals surface area contributed by atoms with Gasteiger partial charge in [0.05, 0.1) is 0 Å². The molecule has 0 radical (unpaired) electrons. The molecule has 0 saturated heterocycles. The van der Waals surface area contributed by atoms with E-state index in [0.717, 1.165) is 0 Å². The molecule has 0 aromatic heterocycles. The van der Waals surface area contributed by atoms with E-state index in [1.165, 1.54) is 20.1 Å². The Morgan fingerprint density at radius 2 is 1.50 bits per heavy atom. The van der Waals surface area contributed by atoms with E-state index in [1.54, 1.807) is 0 Å². The standard InChI is InChI=1S/C3H6O3.C3H5O2.Na/c1-2(4)3(5)6;1-3(5)2-4;/h2,4H,1H3,(H,5,6);3,5H,1H3;/q;-1;+1. The Bertz CT molecular complexity index is 123. The molecule has 12 heavy (non-hydrogen) atoms. The van der Waals surface area contributed by atoms with Gasteiger partial charge in [-0.2, -0.15) is 0 Å². The van der Waals surface area contributed by atoms with Crippen LogP contribution >= 0.6 is 0 Å². The number of carboxylic acids is 1. The Morgan fingerprint density at radius 1 is 1.33 bits per heavy atom. The first-order chi connectivity index (χ1) is 4.91. The fourth-order valence-corrected chi connectivity index (χ4v) is 0. The molecular weight excluding hydrogens is 175 g/mol. The molecule has 0 aromatic rings. The second-order valence-electron chi connectivity index (χ2n) is 1.81. The van der Waals surface area contributed by atoms with Crippen LogP contribution in [-0.2, 0) is 9.59 Å². The molecule has 0 saturated carbocycles. The average Bonchev–Trinajstić information content (AvgIpc) is 1.89. The van der Waals surface area contributed by atoms with Crippen LogP contribution in [0.4, 0.5) is 0 Å². The number of rotatable bonds is 2. The van der Waals surface area contributed by atoms with Crippen LogP contribution in [-0.4, -0.2) is 39.8 Å². The van der Waals surface area contributed by atoms with Crippen molar-refractivity contribution in [2.24, 2.45) is 0 Å². The third kappa shape index (κ3) is 22.5. The molecule has 0 amide bonds. The summed E-state index contributed by atoms with van der Waals surface area (Å²) in [6.45, 7) is 2.55. The molecule has 5 nitrogen and oxygen atoms in total. The summed E-state index contributed by atoms with van der Waals surface area (Å²) in [6.07, 6.45) is -0.819. The summed E-state index contributed by atoms with van der Waals surface area (Å²) in [5.74, 6) is -1.19. The number of aliphatic carboxylic acids is 1. The van der Waals surface area contributed by atoms with Gasteiger partial charge < -0.3 is 20.1 Å². The van der Waals surface area contributed by atoms with Gasteiger partial charge >= 0.3 is 35.5 Å². The summed E-state index contributed by atoms with van der Waals surface area (Å²) in [5.41, 5.74) is 0. The third-order valence-electron chi connectivity index (χ3n) is 0.528. The van der Waals surface area contributed by atoms with E-state index in [4.69, 9.17) is 20.1 Å². The molecule has 66 valence electrons. The predicted octanol–water partition coefficient (Wildman–Crippen LogP) is -4.07. The number of hydrogen-bond donors (Lipinski definition) is 3. The first-order valence-electron chi connectivity index (χ1n) is 2.88. The maximum Gasteiger partial charge on any atom is 1.00 e. The van der Waals surface area contributed by atoms with Crippen LogP contribution in [0.15, 0.2) is 0 Å². The van der Waals surface area contributed by atoms with Crippen LogP contribution in [0.1, 0.15) is 13.8 Å². The van der Waals surface area contributed by atoms with E-state index in [0.29, 0.717) is 0 Å². The summed E-state index contributed by atoms with van der Waals surface area (Å²) in [4.78, 5) is 18.6. The average molecular weight is 186 g/mol. The molecule has 2 unspecified atom stereocenters. The van der Waals surface area contributed by atoms with Crippen molar-refractivity contribution in [2.75, 3.05) is 0 Å². The van der Waals surface area contributed by atoms with E-state index < -0.39 is 18.2 Å². The maximum absolute atomic E-state index is 9.45. The topological polar surface area (TPSA) is 94.8 Å². The number of carboxylic acid groups (broad SMARTS) is 1. The fourth-order valence-electron chi connectivity index (χ4n) is 0. The number of aliphatic hydroxyl groups is 2. The Hall–Kier alpha value is 0.0600. The third-order valence-corrected chi connectivity index (χ3v) is 0.528. The van der Waals surface area contributed by atoms with Gasteiger partial charge in [-0.05, 0) is 13.0 Å². The SMILES string of the molecule is CC(O)C(=O)O.CC(O)[C-]=O.[Na+]. The Kier molecular flexibility index (Phi) is 16.6. The van der Waals surface area contributed by atoms with Crippen LogP contribution in [0.3, 0.4) is 0 Å². The van der Waals surface area contributed by atoms with E-state index >= 15 is 0 Å². The van der Waals surface area contributed by atoms with Crippen LogP contribution in [0, 0.1) is 0 Å². The van der Waals surface area contributed by atoms with Crippen molar-refractivity contribution in [1.29, 1.82) is 0 Å². The Labute approximate surface area is 92.7 Å². The quantitative estimate of drug-likeness (QED) is 0.301. The molecule has 0 aliphatic carbocycles. The van der Waals surface area contributed by atoms with Crippen molar-refractivity contribution in [2.45, 2.75) is 26.1 Å². The molecule has 3 N–H and O–H groups in total. The van der Waals surface area contributed by atoms with Gasteiger partial charge in [0, 0.05) is 0 Å². The molecule has 0 bridgehead atoms. The number of aliphatic hydroxyl groups excluding tert-OH is 2. The van der Waals surface area contributed by atoms with Gasteiger partial charge in [0.15, 0.2) is 0 Å². The second-order valence-corrected chi connectivity index (χ2v) is 1.81. The van der Waals surface area contributed by atoms with Gasteiger partial charge in [-0.25, -0.2) is 11.1 Å². The van der Waals surface area contributed by atoms with E-state index in [2.05, 4.69) is 0 Å². The Balaban J connectivity index is -0.000000126. The normalized spacial score (nSPS) is 12.7. The molecule has 0 fully saturated rings. The van der Waals surface area contributed by atoms with Crippen molar-refractivity contribution in [1.82, 2.24) is 0 Å². The van der Waals surface area contributed by atoms with Crippen molar-refractivity contribution < 1.29 is 54.5 Å². The summed E-state index contributed by atoms with van der Waals surface area (Å²) in [5, 5.41) is 23.7. The van der Waals surface area contributed by atoms with Gasteiger partial charge in [0.1, 0.15) is 6.10 Å². The van der Waals surface area contributed by atoms with Gasteiger partial charge in [0.2, 0.25) is 0 Å². The molecular formula is C6H11NaO5. The van der Waals surface area contributed by atoms with Gasteiger partial charge in [0.25, 0.3) is 0 Å². The molecule has 0 rings (SSSR count). The second kappa shape index (κ2) is 11.1. The molecule has 0 spiro atoms. The van der Waals surface area contributed by atoms with Crippen LogP contribution < -0.4 is 29.6 Å². The summed E-state index contributed by atoms with van der Waals surface area (Å²) >= 11 is 0. The maximum atomic E-state index is 9.45. The van der Waals surface area contributed by atoms with Crippen LogP contribution in [0.25, 0.3) is 0 Å². The van der Waals surface area contributed by atoms with Gasteiger partial charge in [-0.1, -0.05) is 6.92 Å². The smallest absolute Gasteiger partial charge is 0.539 e. The Morgan fingerprint density at radius 3 is 1.50 bits per heavy atom. The first kappa shape index (κ1) is 18.0. The summed E-state index contributed by atoms with van der Waals surface area (Å²) in [6, 6.07) is 0. The minimum Gasteiger partial charge on any atom is -0.539 e. The minimum atomic E-state index is -1.23. The summed E-state index contributed by atoms with van der Waals surface area (Å²) in [7, 11) is 0. The predicted molar refractivity (Wildman–Crippen MR) is 36.7 cm³/mol. The van der Waals surface area contributed by atoms with E-state index in [9.17, 15) is 4.79 Å². The zero-order valence-electron chi connectivity index (χ0n) is 7.31. The molecule has 0 heterocycles. The van der Waals surface area contributed by atoms with Crippen molar-refractivity contribution in [3.63, 3.8) is 0 Å². The van der Waals surface area contributed by atoms with Crippen LogP contribution in [0.2, 0.25) is 0 Å². The van der Waals surface area contributed by atoms with Gasteiger partial charge in [-0.3, -0.25) is 0 Å². The summed E-state index contributed by atoms with van der Waals surface area (Å²) < 4.78 is 0. The zero-order chi connectivity index (χ0) is 9.44. The van der Waals surface area contributed by atoms with E-state index in [1.807, 2.05) is 0 Å². The molecule has 2 atom stereocenters. The van der Waals surface area contributed by atoms with Crippen LogP contribution in [0.5, 0.6) is 0 Å². The minimum absolute atomic E-state index is 0. The van der Waals surface area contributed by atoms with Crippen molar-refractivity contribution in [3.05, 3.63) is 0 Å². The largest absolute Gasteiger partial charge is 1.00 e. The number of carbonyl (C=O) groups excluding carboxylic acids is 1. The van der Waals surface area contributed by atoms with Crippen molar-refractivity contribution >= 4 is 12.3 Å². The van der Waals surface area contributed by atoms with Crippen molar-refractivity contribution in [3.8, 4) is 0 Å². The monoisotopic (exact) mass is 186 g/mol. The molecule has 0 aliphatic rings. The molecule has 0 aromatic carbocycles. The fraction of sp³-hybridized carbons (Fsp3) is 0.667. The van der Waals surface area contributed by atoms with E-state index in [-0.39, 0.29) is 29.6 Å². The molecule has 6 heteroatoms. The first-order valence-corrected chi connectivity index (χ1v) is 2.88. The zero-order valence-corrected chi connectivity index (χ0v) is 9.31. The van der Waals surface area contributed by atoms with Gasteiger partial charge in [-0.15, -0.1) is 0 Å². The molecule has 0 aliphatic heterocycles.